The van der Waals surface area contributed by atoms with Crippen LogP contribution in [0.25, 0.3) is 0 Å². The zero-order chi connectivity index (χ0) is 17.6. The van der Waals surface area contributed by atoms with Crippen molar-refractivity contribution in [3.8, 4) is 0 Å². The van der Waals surface area contributed by atoms with Crippen molar-refractivity contribution in [2.75, 3.05) is 6.61 Å². The molecule has 3 atom stereocenters. The maximum Gasteiger partial charge on any atom is 0.0721 e. The van der Waals surface area contributed by atoms with Gasteiger partial charge in [-0.1, -0.05) is 69.2 Å². The number of aliphatic hydroxyl groups is 2. The molecule has 0 amide bonds. The first kappa shape index (κ1) is 21.2. The van der Waals surface area contributed by atoms with E-state index in [1.165, 1.54) is 25.7 Å². The number of rotatable bonds is 13. The molecule has 1 aliphatic carbocycles. The summed E-state index contributed by atoms with van der Waals surface area (Å²) in [4.78, 5) is 0. The van der Waals surface area contributed by atoms with Crippen LogP contribution in [-0.2, 0) is 0 Å². The SMILES string of the molecule is CCCCCC(O)/C=C/[C@H]1/C(=N\O)CC[C@@H]1CCCCCCCO. The second-order valence-electron chi connectivity index (χ2n) is 7.14. The molecular weight excluding hydrogens is 302 g/mol. The Kier molecular flexibility index (Phi) is 11.8. The van der Waals surface area contributed by atoms with E-state index < -0.39 is 0 Å². The second kappa shape index (κ2) is 13.4. The minimum absolute atomic E-state index is 0.188. The van der Waals surface area contributed by atoms with Crippen molar-refractivity contribution in [3.05, 3.63) is 12.2 Å². The summed E-state index contributed by atoms with van der Waals surface area (Å²) in [7, 11) is 0. The summed E-state index contributed by atoms with van der Waals surface area (Å²) in [5.41, 5.74) is 0.872. The Bertz CT molecular complexity index is 368. The Hall–Kier alpha value is -0.870. The highest BCUT2D eigenvalue weighted by atomic mass is 16.4. The summed E-state index contributed by atoms with van der Waals surface area (Å²) >= 11 is 0. The van der Waals surface area contributed by atoms with Gasteiger partial charge in [-0.25, -0.2) is 0 Å². The highest BCUT2D eigenvalue weighted by Crippen LogP contribution is 2.35. The van der Waals surface area contributed by atoms with Crippen molar-refractivity contribution in [1.82, 2.24) is 0 Å². The van der Waals surface area contributed by atoms with Gasteiger partial charge in [-0.2, -0.15) is 0 Å². The van der Waals surface area contributed by atoms with Crippen molar-refractivity contribution in [1.29, 1.82) is 0 Å². The van der Waals surface area contributed by atoms with Gasteiger partial charge in [-0.15, -0.1) is 0 Å². The molecule has 3 N–H and O–H groups in total. The highest BCUT2D eigenvalue weighted by Gasteiger charge is 2.31. The van der Waals surface area contributed by atoms with Gasteiger partial charge in [0.1, 0.15) is 0 Å². The Balaban J connectivity index is 2.38. The van der Waals surface area contributed by atoms with E-state index in [0.717, 1.165) is 57.1 Å². The van der Waals surface area contributed by atoms with E-state index in [1.807, 2.05) is 6.08 Å². The maximum atomic E-state index is 10.1. The lowest BCUT2D eigenvalue weighted by Gasteiger charge is -2.17. The predicted octanol–water partition coefficient (Wildman–Crippen LogP) is 4.67. The van der Waals surface area contributed by atoms with E-state index in [1.54, 1.807) is 0 Å². The van der Waals surface area contributed by atoms with Crippen molar-refractivity contribution in [2.24, 2.45) is 17.0 Å². The van der Waals surface area contributed by atoms with Crippen LogP contribution in [0.4, 0.5) is 0 Å². The van der Waals surface area contributed by atoms with E-state index >= 15 is 0 Å². The van der Waals surface area contributed by atoms with E-state index in [-0.39, 0.29) is 12.0 Å². The first-order valence-corrected chi connectivity index (χ1v) is 9.91. The topological polar surface area (TPSA) is 73.1 Å². The maximum absolute atomic E-state index is 10.1. The van der Waals surface area contributed by atoms with Crippen LogP contribution in [0.15, 0.2) is 17.3 Å². The van der Waals surface area contributed by atoms with Gasteiger partial charge in [-0.3, -0.25) is 0 Å². The molecule has 1 saturated carbocycles. The molecule has 140 valence electrons. The molecule has 1 unspecified atom stereocenters. The van der Waals surface area contributed by atoms with E-state index in [9.17, 15) is 10.3 Å². The molecule has 4 heteroatoms. The molecule has 1 aliphatic rings. The predicted molar refractivity (Wildman–Crippen MR) is 99.5 cm³/mol. The number of nitrogens with zero attached hydrogens (tertiary/aromatic N) is 1. The molecule has 0 aromatic carbocycles. The van der Waals surface area contributed by atoms with Crippen molar-refractivity contribution < 1.29 is 15.4 Å². The Morgan fingerprint density at radius 3 is 2.58 bits per heavy atom. The van der Waals surface area contributed by atoms with Gasteiger partial charge in [0.05, 0.1) is 11.8 Å². The van der Waals surface area contributed by atoms with E-state index in [0.29, 0.717) is 12.5 Å². The number of allylic oxidation sites excluding steroid dienone is 1. The van der Waals surface area contributed by atoms with Crippen LogP contribution in [-0.4, -0.2) is 33.8 Å². The van der Waals surface area contributed by atoms with Crippen LogP contribution in [0.2, 0.25) is 0 Å². The van der Waals surface area contributed by atoms with Gasteiger partial charge in [0.15, 0.2) is 0 Å². The fraction of sp³-hybridized carbons (Fsp3) is 0.850. The molecular formula is C20H37NO3. The lowest BCUT2D eigenvalue weighted by Crippen LogP contribution is -2.14. The zero-order valence-corrected chi connectivity index (χ0v) is 15.4. The number of unbranched alkanes of at least 4 members (excludes halogenated alkanes) is 6. The Morgan fingerprint density at radius 2 is 1.88 bits per heavy atom. The average molecular weight is 340 g/mol. The molecule has 1 rings (SSSR count). The third-order valence-electron chi connectivity index (χ3n) is 5.17. The monoisotopic (exact) mass is 339 g/mol. The van der Waals surface area contributed by atoms with Crippen molar-refractivity contribution in [3.63, 3.8) is 0 Å². The van der Waals surface area contributed by atoms with Crippen LogP contribution in [0.3, 0.4) is 0 Å². The third-order valence-corrected chi connectivity index (χ3v) is 5.17. The molecule has 4 nitrogen and oxygen atoms in total. The van der Waals surface area contributed by atoms with Gasteiger partial charge >= 0.3 is 0 Å². The van der Waals surface area contributed by atoms with Crippen molar-refractivity contribution >= 4 is 5.71 Å². The van der Waals surface area contributed by atoms with Gasteiger partial charge in [0, 0.05) is 12.5 Å². The van der Waals surface area contributed by atoms with Crippen LogP contribution in [0, 0.1) is 11.8 Å². The summed E-state index contributed by atoms with van der Waals surface area (Å²) < 4.78 is 0. The number of hydrogen-bond donors (Lipinski definition) is 3. The second-order valence-corrected chi connectivity index (χ2v) is 7.14. The third kappa shape index (κ3) is 8.29. The van der Waals surface area contributed by atoms with Gasteiger partial charge in [0.25, 0.3) is 0 Å². The molecule has 0 heterocycles. The van der Waals surface area contributed by atoms with E-state index in [4.69, 9.17) is 5.11 Å². The molecule has 1 fully saturated rings. The van der Waals surface area contributed by atoms with Crippen LogP contribution >= 0.6 is 0 Å². The molecule has 24 heavy (non-hydrogen) atoms. The lowest BCUT2D eigenvalue weighted by molar-refractivity contribution is 0.207. The molecule has 0 bridgehead atoms. The van der Waals surface area contributed by atoms with Crippen molar-refractivity contribution in [2.45, 2.75) is 90.1 Å². The quantitative estimate of drug-likeness (QED) is 0.197. The minimum atomic E-state index is -0.378. The van der Waals surface area contributed by atoms with Gasteiger partial charge in [0.2, 0.25) is 0 Å². The smallest absolute Gasteiger partial charge is 0.0721 e. The molecule has 0 aromatic rings. The van der Waals surface area contributed by atoms with Crippen LogP contribution in [0.5, 0.6) is 0 Å². The zero-order valence-electron chi connectivity index (χ0n) is 15.4. The lowest BCUT2D eigenvalue weighted by atomic mass is 9.89. The van der Waals surface area contributed by atoms with Crippen LogP contribution in [0.1, 0.15) is 84.0 Å². The Labute approximate surface area is 147 Å². The minimum Gasteiger partial charge on any atom is -0.411 e. The molecule has 0 aliphatic heterocycles. The first-order valence-electron chi connectivity index (χ1n) is 9.91. The van der Waals surface area contributed by atoms with E-state index in [2.05, 4.69) is 18.2 Å². The molecule has 0 aromatic heterocycles. The fourth-order valence-electron chi connectivity index (χ4n) is 3.66. The fourth-order valence-corrected chi connectivity index (χ4v) is 3.66. The molecule has 0 radical (unpaired) electrons. The number of aliphatic hydroxyl groups excluding tert-OH is 2. The first-order chi connectivity index (χ1) is 11.7. The highest BCUT2D eigenvalue weighted by molar-refractivity contribution is 5.89. The average Bonchev–Trinajstić information content (AvgIpc) is 2.98. The van der Waals surface area contributed by atoms with Crippen LogP contribution < -0.4 is 0 Å². The summed E-state index contributed by atoms with van der Waals surface area (Å²) in [6.07, 6.45) is 16.5. The Morgan fingerprint density at radius 1 is 1.12 bits per heavy atom. The molecule has 0 saturated heterocycles. The largest absolute Gasteiger partial charge is 0.411 e. The summed E-state index contributed by atoms with van der Waals surface area (Å²) in [6.45, 7) is 2.46. The standard InChI is InChI=1S/C20H37NO3/c1-2-3-7-11-18(23)13-14-19-17(12-15-20(19)21-24)10-8-5-4-6-9-16-22/h13-14,17-19,22-24H,2-12,15-16H2,1H3/b14-13+,21-20-/t17-,18?,19+/m0/s1. The van der Waals surface area contributed by atoms with Gasteiger partial charge in [-0.05, 0) is 38.0 Å². The summed E-state index contributed by atoms with van der Waals surface area (Å²) in [5.74, 6) is 0.723. The summed E-state index contributed by atoms with van der Waals surface area (Å²) in [6, 6.07) is 0. The summed E-state index contributed by atoms with van der Waals surface area (Å²) in [5, 5.41) is 31.6. The number of oxime groups is 1. The number of hydrogen-bond acceptors (Lipinski definition) is 4. The van der Waals surface area contributed by atoms with Gasteiger partial charge < -0.3 is 15.4 Å². The normalized spacial score (nSPS) is 24.2. The molecule has 0 spiro atoms.